The maximum Gasteiger partial charge on any atom is 0.0481 e. The average Bonchev–Trinajstić information content (AvgIpc) is 2.67. The Balaban J connectivity index is 2.36. The van der Waals surface area contributed by atoms with Crippen molar-refractivity contribution in [1.29, 1.82) is 0 Å². The smallest absolute Gasteiger partial charge is 0.0481 e. The molecule has 3 heteroatoms. The second-order valence-corrected chi connectivity index (χ2v) is 5.89. The maximum atomic E-state index is 6.37. The average molecular weight is 245 g/mol. The van der Waals surface area contributed by atoms with Gasteiger partial charge in [-0.1, -0.05) is 32.0 Å². The molecule has 0 aliphatic heterocycles. The molecule has 2 aromatic rings. The fraction of sp³-hybridized carbons (Fsp3) is 0.467. The number of rotatable bonds is 4. The summed E-state index contributed by atoms with van der Waals surface area (Å²) in [5.74, 6) is 0. The molecular formula is C15H23N3. The number of benzene rings is 1. The van der Waals surface area contributed by atoms with E-state index in [2.05, 4.69) is 55.9 Å². The third-order valence-corrected chi connectivity index (χ3v) is 3.65. The Bertz CT molecular complexity index is 540. The Morgan fingerprint density at radius 2 is 1.94 bits per heavy atom. The van der Waals surface area contributed by atoms with Crippen LogP contribution in [0.2, 0.25) is 0 Å². The molecular weight excluding hydrogens is 222 g/mol. The summed E-state index contributed by atoms with van der Waals surface area (Å²) in [6.45, 7) is 4.99. The van der Waals surface area contributed by atoms with Crippen LogP contribution in [0.4, 0.5) is 0 Å². The molecule has 0 aliphatic rings. The van der Waals surface area contributed by atoms with E-state index in [0.717, 1.165) is 6.42 Å². The van der Waals surface area contributed by atoms with E-state index < -0.39 is 0 Å². The van der Waals surface area contributed by atoms with E-state index in [-0.39, 0.29) is 11.5 Å². The number of nitrogens with zero attached hydrogens (tertiary/aromatic N) is 1. The van der Waals surface area contributed by atoms with Crippen LogP contribution in [0.3, 0.4) is 0 Å². The minimum absolute atomic E-state index is 0.0367. The van der Waals surface area contributed by atoms with Gasteiger partial charge in [-0.25, -0.2) is 0 Å². The van der Waals surface area contributed by atoms with Gasteiger partial charge in [0.15, 0.2) is 0 Å². The van der Waals surface area contributed by atoms with Crippen molar-refractivity contribution in [2.45, 2.75) is 26.3 Å². The lowest BCUT2D eigenvalue weighted by molar-refractivity contribution is 0.318. The van der Waals surface area contributed by atoms with E-state index in [1.54, 1.807) is 0 Å². The molecule has 0 aliphatic carbocycles. The standard InChI is InChI=1S/C15H23N3/c1-15(2,10-16)8-13(17)12-9-18(3)14-7-5-4-6-11(12)14/h4-7,9,13H,8,10,16-17H2,1-3H3. The van der Waals surface area contributed by atoms with Gasteiger partial charge in [-0.3, -0.25) is 0 Å². The second-order valence-electron chi connectivity index (χ2n) is 5.89. The molecule has 18 heavy (non-hydrogen) atoms. The SMILES string of the molecule is Cn1cc(C(N)CC(C)(C)CN)c2ccccc21. The molecule has 0 bridgehead atoms. The van der Waals surface area contributed by atoms with Crippen LogP contribution in [-0.2, 0) is 7.05 Å². The van der Waals surface area contributed by atoms with Gasteiger partial charge in [-0.05, 0) is 30.0 Å². The Labute approximate surface area is 109 Å². The van der Waals surface area contributed by atoms with Crippen LogP contribution in [0.15, 0.2) is 30.5 Å². The van der Waals surface area contributed by atoms with Crippen LogP contribution in [0.5, 0.6) is 0 Å². The molecule has 0 spiro atoms. The lowest BCUT2D eigenvalue weighted by atomic mass is 9.84. The van der Waals surface area contributed by atoms with Crippen molar-refractivity contribution in [1.82, 2.24) is 4.57 Å². The van der Waals surface area contributed by atoms with Crippen molar-refractivity contribution in [3.05, 3.63) is 36.0 Å². The minimum atomic E-state index is 0.0367. The molecule has 1 atom stereocenters. The van der Waals surface area contributed by atoms with E-state index >= 15 is 0 Å². The molecule has 0 saturated carbocycles. The Kier molecular flexibility index (Phi) is 3.46. The van der Waals surface area contributed by atoms with E-state index in [1.165, 1.54) is 16.5 Å². The van der Waals surface area contributed by atoms with Crippen LogP contribution in [0, 0.1) is 5.41 Å². The van der Waals surface area contributed by atoms with E-state index in [9.17, 15) is 0 Å². The molecule has 0 fully saturated rings. The highest BCUT2D eigenvalue weighted by molar-refractivity contribution is 5.84. The molecule has 1 aromatic carbocycles. The zero-order valence-electron chi connectivity index (χ0n) is 11.5. The molecule has 0 amide bonds. The molecule has 1 heterocycles. The highest BCUT2D eigenvalue weighted by atomic mass is 14.9. The molecule has 98 valence electrons. The van der Waals surface area contributed by atoms with E-state index in [0.29, 0.717) is 6.54 Å². The summed E-state index contributed by atoms with van der Waals surface area (Å²) in [7, 11) is 2.06. The lowest BCUT2D eigenvalue weighted by Crippen LogP contribution is -2.28. The topological polar surface area (TPSA) is 57.0 Å². The van der Waals surface area contributed by atoms with E-state index in [4.69, 9.17) is 11.5 Å². The minimum Gasteiger partial charge on any atom is -0.350 e. The van der Waals surface area contributed by atoms with Gasteiger partial charge in [-0.2, -0.15) is 0 Å². The zero-order valence-corrected chi connectivity index (χ0v) is 11.5. The number of nitrogens with two attached hydrogens (primary N) is 2. The van der Waals surface area contributed by atoms with Crippen molar-refractivity contribution in [2.24, 2.45) is 23.9 Å². The maximum absolute atomic E-state index is 6.37. The summed E-state index contributed by atoms with van der Waals surface area (Å²) >= 11 is 0. The molecule has 1 aromatic heterocycles. The summed E-state index contributed by atoms with van der Waals surface area (Å²) in [6, 6.07) is 8.42. The first-order valence-electron chi connectivity index (χ1n) is 6.44. The van der Waals surface area contributed by atoms with Crippen molar-refractivity contribution in [2.75, 3.05) is 6.54 Å². The Morgan fingerprint density at radius 3 is 2.61 bits per heavy atom. The zero-order chi connectivity index (χ0) is 13.3. The number of para-hydroxylation sites is 1. The van der Waals surface area contributed by atoms with Crippen molar-refractivity contribution in [3.8, 4) is 0 Å². The third-order valence-electron chi connectivity index (χ3n) is 3.65. The number of aryl methyl sites for hydroxylation is 1. The molecule has 4 N–H and O–H groups in total. The van der Waals surface area contributed by atoms with Crippen LogP contribution >= 0.6 is 0 Å². The van der Waals surface area contributed by atoms with Crippen LogP contribution in [0.25, 0.3) is 10.9 Å². The first kappa shape index (κ1) is 13.1. The van der Waals surface area contributed by atoms with Crippen molar-refractivity contribution >= 4 is 10.9 Å². The van der Waals surface area contributed by atoms with Gasteiger partial charge in [0.25, 0.3) is 0 Å². The van der Waals surface area contributed by atoms with Gasteiger partial charge in [-0.15, -0.1) is 0 Å². The number of hydrogen-bond donors (Lipinski definition) is 2. The van der Waals surface area contributed by atoms with Crippen molar-refractivity contribution in [3.63, 3.8) is 0 Å². The summed E-state index contributed by atoms with van der Waals surface area (Å²) in [6.07, 6.45) is 3.04. The normalized spacial score (nSPS) is 14.1. The Morgan fingerprint density at radius 1 is 1.28 bits per heavy atom. The number of fused-ring (bicyclic) bond motifs is 1. The predicted octanol–water partition coefficient (Wildman–Crippen LogP) is 2.55. The summed E-state index contributed by atoms with van der Waals surface area (Å²) in [5.41, 5.74) is 14.7. The molecule has 0 saturated heterocycles. The molecule has 1 unspecified atom stereocenters. The highest BCUT2D eigenvalue weighted by Crippen LogP contribution is 2.32. The molecule has 3 nitrogen and oxygen atoms in total. The van der Waals surface area contributed by atoms with Crippen LogP contribution in [0.1, 0.15) is 31.9 Å². The third kappa shape index (κ3) is 2.42. The van der Waals surface area contributed by atoms with Gasteiger partial charge < -0.3 is 16.0 Å². The number of aromatic nitrogens is 1. The van der Waals surface area contributed by atoms with Crippen LogP contribution < -0.4 is 11.5 Å². The molecule has 0 radical (unpaired) electrons. The van der Waals surface area contributed by atoms with Gasteiger partial charge in [0.05, 0.1) is 0 Å². The fourth-order valence-corrected chi connectivity index (χ4v) is 2.46. The van der Waals surface area contributed by atoms with E-state index in [1.807, 2.05) is 0 Å². The fourth-order valence-electron chi connectivity index (χ4n) is 2.46. The quantitative estimate of drug-likeness (QED) is 0.869. The first-order valence-corrected chi connectivity index (χ1v) is 6.44. The van der Waals surface area contributed by atoms with Gasteiger partial charge in [0, 0.05) is 30.2 Å². The first-order chi connectivity index (χ1) is 8.44. The lowest BCUT2D eigenvalue weighted by Gasteiger charge is -2.26. The largest absolute Gasteiger partial charge is 0.350 e. The van der Waals surface area contributed by atoms with Gasteiger partial charge in [0.1, 0.15) is 0 Å². The summed E-state index contributed by atoms with van der Waals surface area (Å²) in [4.78, 5) is 0. The second kappa shape index (κ2) is 4.75. The monoisotopic (exact) mass is 245 g/mol. The van der Waals surface area contributed by atoms with Gasteiger partial charge >= 0.3 is 0 Å². The highest BCUT2D eigenvalue weighted by Gasteiger charge is 2.22. The van der Waals surface area contributed by atoms with Crippen molar-refractivity contribution < 1.29 is 0 Å². The van der Waals surface area contributed by atoms with Gasteiger partial charge in [0.2, 0.25) is 0 Å². The predicted molar refractivity (Wildman–Crippen MR) is 77.3 cm³/mol. The molecule has 2 rings (SSSR count). The summed E-state index contributed by atoms with van der Waals surface area (Å²) < 4.78 is 2.14. The van der Waals surface area contributed by atoms with Crippen LogP contribution in [-0.4, -0.2) is 11.1 Å². The number of hydrogen-bond acceptors (Lipinski definition) is 2. The Hall–Kier alpha value is -1.32. The summed E-state index contributed by atoms with van der Waals surface area (Å²) in [5, 5.41) is 1.25.